The van der Waals surface area contributed by atoms with Gasteiger partial charge in [0.15, 0.2) is 0 Å². The molecule has 0 aromatic carbocycles. The van der Waals surface area contributed by atoms with Crippen molar-refractivity contribution in [2.45, 2.75) is 83.6 Å². The van der Waals surface area contributed by atoms with Crippen LogP contribution in [0.1, 0.15) is 79.0 Å². The number of hydrogen-bond acceptors (Lipinski definition) is 3. The van der Waals surface area contributed by atoms with E-state index in [2.05, 4.69) is 12.2 Å². The molecule has 0 aromatic rings. The summed E-state index contributed by atoms with van der Waals surface area (Å²) in [6, 6.07) is -1.34. The van der Waals surface area contributed by atoms with Crippen LogP contribution in [0.15, 0.2) is 0 Å². The number of carboxylic acids is 2. The molecule has 148 valence electrons. The van der Waals surface area contributed by atoms with Gasteiger partial charge in [0.2, 0.25) is 5.91 Å². The second-order valence-corrected chi connectivity index (χ2v) is 5.63. The number of halogens is 2. The van der Waals surface area contributed by atoms with Crippen molar-refractivity contribution >= 4 is 42.7 Å². The monoisotopic (exact) mass is 475 g/mol. The van der Waals surface area contributed by atoms with Gasteiger partial charge in [-0.1, -0.05) is 58.3 Å². The molecule has 1 atom stereocenters. The molecule has 0 aliphatic rings. The summed E-state index contributed by atoms with van der Waals surface area (Å²) >= 11 is 0. The van der Waals surface area contributed by atoms with E-state index < -0.39 is 30.3 Å². The van der Waals surface area contributed by atoms with Gasteiger partial charge in [0, 0.05) is 25.9 Å². The molecule has 3 N–H and O–H groups in total. The van der Waals surface area contributed by atoms with E-state index in [4.69, 9.17) is 10.2 Å². The maximum Gasteiger partial charge on any atom is 1.00 e. The van der Waals surface area contributed by atoms with Crippen molar-refractivity contribution in [1.82, 2.24) is 5.32 Å². The molecule has 0 heterocycles. The molecule has 0 fully saturated rings. The minimum absolute atomic E-state index is 0. The molecule has 0 bridgehead atoms. The average molecular weight is 478 g/mol. The van der Waals surface area contributed by atoms with Crippen LogP contribution in [0.5, 0.6) is 0 Å². The molecular formula is C16H32Cl2NNaO5Zn. The Bertz CT molecular complexity index is 372. The van der Waals surface area contributed by atoms with Crippen molar-refractivity contribution in [2.75, 3.05) is 0 Å². The second-order valence-electron chi connectivity index (χ2n) is 5.63. The van der Waals surface area contributed by atoms with Gasteiger partial charge in [-0.3, -0.25) is 9.59 Å². The first-order valence-electron chi connectivity index (χ1n) is 8.21. The number of amides is 1. The van der Waals surface area contributed by atoms with E-state index in [-0.39, 0.29) is 81.7 Å². The van der Waals surface area contributed by atoms with Gasteiger partial charge in [0.25, 0.3) is 0 Å². The van der Waals surface area contributed by atoms with Gasteiger partial charge in [-0.2, -0.15) is 0 Å². The molecular weight excluding hydrogens is 445 g/mol. The molecule has 0 aliphatic heterocycles. The fraction of sp³-hybridized carbons (Fsp3) is 0.812. The Hall–Kier alpha value is 0.613. The van der Waals surface area contributed by atoms with E-state index in [1.54, 1.807) is 0 Å². The first-order valence-corrected chi connectivity index (χ1v) is 8.21. The van der Waals surface area contributed by atoms with Crippen molar-refractivity contribution in [2.24, 2.45) is 0 Å². The third-order valence-corrected chi connectivity index (χ3v) is 3.52. The molecule has 1 amide bonds. The van der Waals surface area contributed by atoms with Crippen LogP contribution < -0.4 is 34.9 Å². The van der Waals surface area contributed by atoms with Crippen LogP contribution in [0.25, 0.3) is 0 Å². The molecule has 0 rings (SSSR count). The maximum atomic E-state index is 11.6. The van der Waals surface area contributed by atoms with Crippen LogP contribution in [-0.2, 0) is 33.9 Å². The van der Waals surface area contributed by atoms with Gasteiger partial charge >= 0.3 is 41.5 Å². The van der Waals surface area contributed by atoms with Gasteiger partial charge in [-0.15, -0.1) is 24.8 Å². The molecule has 0 aromatic heterocycles. The number of unbranched alkanes of at least 4 members (excludes halogenated alkanes) is 8. The van der Waals surface area contributed by atoms with Crippen LogP contribution >= 0.6 is 24.8 Å². The zero-order chi connectivity index (χ0) is 16.8. The third-order valence-electron chi connectivity index (χ3n) is 3.52. The molecule has 0 aliphatic carbocycles. The summed E-state index contributed by atoms with van der Waals surface area (Å²) in [6.45, 7) is 2.19. The van der Waals surface area contributed by atoms with Crippen LogP contribution in [0.3, 0.4) is 0 Å². The number of hydrogen-bond donors (Lipinski definition) is 3. The van der Waals surface area contributed by atoms with Gasteiger partial charge in [0.05, 0.1) is 6.42 Å². The van der Waals surface area contributed by atoms with Crippen molar-refractivity contribution < 1.29 is 75.1 Å². The number of carboxylic acid groups (broad SMARTS) is 2. The molecule has 0 saturated heterocycles. The molecule has 6 nitrogen and oxygen atoms in total. The number of nitrogens with one attached hydrogen (secondary N) is 1. The van der Waals surface area contributed by atoms with Crippen LogP contribution in [-0.4, -0.2) is 34.1 Å². The van der Waals surface area contributed by atoms with E-state index in [0.29, 0.717) is 6.42 Å². The van der Waals surface area contributed by atoms with E-state index in [1.807, 2.05) is 0 Å². The van der Waals surface area contributed by atoms with E-state index in [1.165, 1.54) is 38.5 Å². The quantitative estimate of drug-likeness (QED) is 0.255. The Morgan fingerprint density at radius 2 is 1.31 bits per heavy atom. The van der Waals surface area contributed by atoms with E-state index in [0.717, 1.165) is 12.8 Å². The zero-order valence-corrected chi connectivity index (χ0v) is 22.6. The summed E-state index contributed by atoms with van der Waals surface area (Å²) in [5.74, 6) is -2.95. The Balaban J connectivity index is -0.000000220. The maximum absolute atomic E-state index is 11.6. The number of carbonyl (C=O) groups is 3. The van der Waals surface area contributed by atoms with Gasteiger partial charge < -0.3 is 17.0 Å². The molecule has 0 radical (unpaired) electrons. The predicted octanol–water partition coefficient (Wildman–Crippen LogP) is 0.909. The number of aliphatic carboxylic acids is 2. The molecule has 0 unspecified atom stereocenters. The van der Waals surface area contributed by atoms with Crippen molar-refractivity contribution in [3.05, 3.63) is 0 Å². The molecule has 10 heteroatoms. The average Bonchev–Trinajstić information content (AvgIpc) is 2.44. The Kier molecular flexibility index (Phi) is 36.8. The third kappa shape index (κ3) is 24.6. The van der Waals surface area contributed by atoms with E-state index in [9.17, 15) is 14.4 Å². The van der Waals surface area contributed by atoms with Gasteiger partial charge in [0.1, 0.15) is 6.04 Å². The standard InChI is InChI=1S/C16H29NO5.2ClH.Na.Zn.H/c1-2-3-4-5-6-7-8-9-10-11-14(18)17-13(16(21)22)12-15(19)20;;;;;/h13H,2-12H2,1H3,(H,17,18)(H,19,20)(H,21,22);2*1H;;;/q;;;+1;;-1/t13-;;;;;/m0...../s1. The first kappa shape index (κ1) is 37.4. The second kappa shape index (κ2) is 25.6. The minimum atomic E-state index is -1.34. The number of rotatable bonds is 14. The number of carbonyl (C=O) groups excluding carboxylic acids is 1. The Morgan fingerprint density at radius 1 is 0.885 bits per heavy atom. The van der Waals surface area contributed by atoms with Crippen molar-refractivity contribution in [3.8, 4) is 0 Å². The van der Waals surface area contributed by atoms with Crippen LogP contribution in [0.2, 0.25) is 0 Å². The van der Waals surface area contributed by atoms with Crippen molar-refractivity contribution in [1.29, 1.82) is 0 Å². The molecule has 0 saturated carbocycles. The fourth-order valence-corrected chi connectivity index (χ4v) is 2.24. The SMILES string of the molecule is CCCCCCCCCCCC(=O)N[C@@H](CC(=O)O)C(=O)O.Cl.Cl.[H-].[Na+].[Zn]. The summed E-state index contributed by atoms with van der Waals surface area (Å²) in [6.07, 6.45) is 9.87. The smallest absolute Gasteiger partial charge is 1.00 e. The van der Waals surface area contributed by atoms with Crippen molar-refractivity contribution in [3.63, 3.8) is 0 Å². The fourth-order valence-electron chi connectivity index (χ4n) is 2.24. The van der Waals surface area contributed by atoms with Crippen LogP contribution in [0, 0.1) is 0 Å². The van der Waals surface area contributed by atoms with Gasteiger partial charge in [-0.25, -0.2) is 4.79 Å². The zero-order valence-electron chi connectivity index (χ0n) is 17.0. The topological polar surface area (TPSA) is 104 Å². The summed E-state index contributed by atoms with van der Waals surface area (Å²) in [4.78, 5) is 32.9. The molecule has 26 heavy (non-hydrogen) atoms. The summed E-state index contributed by atoms with van der Waals surface area (Å²) in [7, 11) is 0. The van der Waals surface area contributed by atoms with Gasteiger partial charge in [-0.05, 0) is 6.42 Å². The predicted molar refractivity (Wildman–Crippen MR) is 99.3 cm³/mol. The summed E-state index contributed by atoms with van der Waals surface area (Å²) in [5, 5.41) is 19.7. The normalized spacial score (nSPS) is 10.0. The largest absolute Gasteiger partial charge is 1.00 e. The summed E-state index contributed by atoms with van der Waals surface area (Å²) < 4.78 is 0. The Morgan fingerprint density at radius 3 is 1.69 bits per heavy atom. The molecule has 0 spiro atoms. The summed E-state index contributed by atoms with van der Waals surface area (Å²) in [5.41, 5.74) is 0. The first-order chi connectivity index (χ1) is 10.5. The van der Waals surface area contributed by atoms with E-state index >= 15 is 0 Å². The van der Waals surface area contributed by atoms with Crippen LogP contribution in [0.4, 0.5) is 0 Å². The Labute approximate surface area is 205 Å². The minimum Gasteiger partial charge on any atom is -1.00 e.